The fourth-order valence-corrected chi connectivity index (χ4v) is 5.35. The molecule has 1 N–H and O–H groups in total. The van der Waals surface area contributed by atoms with E-state index in [0.29, 0.717) is 18.5 Å². The molecule has 1 aliphatic heterocycles. The van der Waals surface area contributed by atoms with Gasteiger partial charge in [-0.2, -0.15) is 0 Å². The molecule has 0 bridgehead atoms. The number of nitrogens with zero attached hydrogens (tertiary/aromatic N) is 1. The van der Waals surface area contributed by atoms with Crippen molar-refractivity contribution in [2.45, 2.75) is 56.4 Å². The molecule has 1 heterocycles. The van der Waals surface area contributed by atoms with Gasteiger partial charge in [-0.25, -0.2) is 0 Å². The minimum absolute atomic E-state index is 0.0385. The van der Waals surface area contributed by atoms with Gasteiger partial charge in [-0.05, 0) is 43.0 Å². The van der Waals surface area contributed by atoms with Gasteiger partial charge in [0.2, 0.25) is 5.91 Å². The zero-order valence-corrected chi connectivity index (χ0v) is 18.5. The van der Waals surface area contributed by atoms with Crippen LogP contribution in [0, 0.1) is 0 Å². The van der Waals surface area contributed by atoms with Gasteiger partial charge in [0.05, 0.1) is 18.6 Å². The van der Waals surface area contributed by atoms with Crippen molar-refractivity contribution in [1.29, 1.82) is 0 Å². The maximum Gasteiger partial charge on any atom is 0.305 e. The van der Waals surface area contributed by atoms with E-state index in [1.165, 1.54) is 7.11 Å². The molecule has 1 atom stereocenters. The number of hydrogen-bond donors (Lipinski definition) is 1. The number of benzene rings is 2. The van der Waals surface area contributed by atoms with Gasteiger partial charge in [-0.1, -0.05) is 55.7 Å². The van der Waals surface area contributed by atoms with Crippen LogP contribution in [0.5, 0.6) is 0 Å². The lowest BCUT2D eigenvalue weighted by Gasteiger charge is -2.53. The molecule has 1 saturated carbocycles. The molecule has 1 unspecified atom stereocenters. The molecule has 168 valence electrons. The second kappa shape index (κ2) is 9.55. The Hall–Kier alpha value is -3.15. The van der Waals surface area contributed by atoms with Crippen LogP contribution in [0.25, 0.3) is 0 Å². The van der Waals surface area contributed by atoms with E-state index in [9.17, 15) is 14.4 Å². The molecule has 6 nitrogen and oxygen atoms in total. The van der Waals surface area contributed by atoms with E-state index in [1.54, 1.807) is 0 Å². The summed E-state index contributed by atoms with van der Waals surface area (Å²) in [4.78, 5) is 40.8. The van der Waals surface area contributed by atoms with E-state index < -0.39 is 11.5 Å². The maximum atomic E-state index is 13.8. The van der Waals surface area contributed by atoms with E-state index in [-0.39, 0.29) is 24.2 Å². The van der Waals surface area contributed by atoms with E-state index in [4.69, 9.17) is 0 Å². The number of ether oxygens (including phenoxy) is 1. The molecule has 0 aromatic heterocycles. The number of fused-ring (bicyclic) bond motifs is 1. The number of hydrogen-bond acceptors (Lipinski definition) is 4. The molecule has 0 saturated heterocycles. The summed E-state index contributed by atoms with van der Waals surface area (Å²) in [5, 5.41) is 3.05. The monoisotopic (exact) mass is 434 g/mol. The minimum Gasteiger partial charge on any atom is -0.469 e. The van der Waals surface area contributed by atoms with Gasteiger partial charge in [0.25, 0.3) is 5.91 Å². The van der Waals surface area contributed by atoms with Crippen LogP contribution < -0.4 is 10.2 Å². The number of amides is 2. The van der Waals surface area contributed by atoms with Crippen molar-refractivity contribution in [1.82, 2.24) is 5.32 Å². The van der Waals surface area contributed by atoms with Crippen molar-refractivity contribution in [3.05, 3.63) is 65.7 Å². The fourth-order valence-electron chi connectivity index (χ4n) is 5.35. The van der Waals surface area contributed by atoms with Crippen LogP contribution in [-0.4, -0.2) is 37.0 Å². The zero-order chi connectivity index (χ0) is 22.6. The number of para-hydroxylation sites is 1. The zero-order valence-electron chi connectivity index (χ0n) is 18.5. The summed E-state index contributed by atoms with van der Waals surface area (Å²) >= 11 is 0. The van der Waals surface area contributed by atoms with E-state index in [0.717, 1.165) is 43.4 Å². The molecule has 6 heteroatoms. The Kier molecular flexibility index (Phi) is 6.58. The van der Waals surface area contributed by atoms with Gasteiger partial charge in [-0.3, -0.25) is 14.4 Å². The van der Waals surface area contributed by atoms with Crippen molar-refractivity contribution >= 4 is 23.5 Å². The highest BCUT2D eigenvalue weighted by Crippen LogP contribution is 2.50. The molecular weight excluding hydrogens is 404 g/mol. The number of carbonyl (C=O) groups excluding carboxylic acids is 3. The van der Waals surface area contributed by atoms with Gasteiger partial charge in [-0.15, -0.1) is 0 Å². The molecule has 2 amide bonds. The minimum atomic E-state index is -0.600. The number of carbonyl (C=O) groups is 3. The molecule has 1 aliphatic carbocycles. The molecule has 2 aliphatic rings. The lowest BCUT2D eigenvalue weighted by Crippen LogP contribution is -2.63. The van der Waals surface area contributed by atoms with E-state index in [1.807, 2.05) is 59.5 Å². The highest BCUT2D eigenvalue weighted by atomic mass is 16.5. The molecule has 1 spiro atoms. The average molecular weight is 435 g/mol. The second-order valence-electron chi connectivity index (χ2n) is 8.63. The third-order valence-electron chi connectivity index (χ3n) is 6.77. The first-order chi connectivity index (χ1) is 15.6. The number of anilines is 1. The van der Waals surface area contributed by atoms with Crippen LogP contribution in [0.3, 0.4) is 0 Å². The third kappa shape index (κ3) is 4.01. The molecule has 2 aromatic carbocycles. The summed E-state index contributed by atoms with van der Waals surface area (Å²) in [5.41, 5.74) is 1.62. The van der Waals surface area contributed by atoms with Crippen LogP contribution in [0.1, 0.15) is 66.8 Å². The maximum absolute atomic E-state index is 13.8. The Morgan fingerprint density at radius 3 is 2.44 bits per heavy atom. The SMILES string of the molecule is COC(=O)CCCNC(=O)C1c2ccccc2C(=O)N(c2ccccc2)C12CCCCC2. The van der Waals surface area contributed by atoms with Crippen LogP contribution >= 0.6 is 0 Å². The smallest absolute Gasteiger partial charge is 0.305 e. The van der Waals surface area contributed by atoms with Crippen molar-refractivity contribution in [3.8, 4) is 0 Å². The Morgan fingerprint density at radius 2 is 1.72 bits per heavy atom. The molecule has 0 radical (unpaired) electrons. The predicted molar refractivity (Wildman–Crippen MR) is 123 cm³/mol. The lowest BCUT2D eigenvalue weighted by molar-refractivity contribution is -0.140. The molecule has 32 heavy (non-hydrogen) atoms. The number of rotatable bonds is 6. The van der Waals surface area contributed by atoms with Crippen molar-refractivity contribution in [2.75, 3.05) is 18.6 Å². The average Bonchev–Trinajstić information content (AvgIpc) is 2.83. The highest BCUT2D eigenvalue weighted by molar-refractivity contribution is 6.12. The van der Waals surface area contributed by atoms with Crippen molar-refractivity contribution in [3.63, 3.8) is 0 Å². The van der Waals surface area contributed by atoms with Gasteiger partial charge in [0.1, 0.15) is 0 Å². The topological polar surface area (TPSA) is 75.7 Å². The molecular formula is C26H30N2O4. The second-order valence-corrected chi connectivity index (χ2v) is 8.63. The quantitative estimate of drug-likeness (QED) is 0.546. The number of nitrogens with one attached hydrogen (secondary N) is 1. The summed E-state index contributed by atoms with van der Waals surface area (Å²) in [7, 11) is 1.36. The summed E-state index contributed by atoms with van der Waals surface area (Å²) in [6.07, 6.45) is 5.40. The van der Waals surface area contributed by atoms with Crippen LogP contribution in [0.2, 0.25) is 0 Å². The van der Waals surface area contributed by atoms with Gasteiger partial charge < -0.3 is 15.0 Å². The first-order valence-corrected chi connectivity index (χ1v) is 11.4. The summed E-state index contributed by atoms with van der Waals surface area (Å²) in [6.45, 7) is 0.391. The standard InChI is InChI=1S/C26H30N2O4/c1-32-22(29)15-10-18-27-24(30)23-20-13-6-7-14-21(20)25(31)28(19-11-4-2-5-12-19)26(23)16-8-3-9-17-26/h2,4-7,11-14,23H,3,8-10,15-18H2,1H3,(H,27,30). The highest BCUT2D eigenvalue weighted by Gasteiger charge is 2.55. The normalized spacial score (nSPS) is 19.3. The Labute approximate surface area is 188 Å². The van der Waals surface area contributed by atoms with Crippen molar-refractivity contribution in [2.24, 2.45) is 0 Å². The third-order valence-corrected chi connectivity index (χ3v) is 6.77. The molecule has 2 aromatic rings. The van der Waals surface area contributed by atoms with Crippen LogP contribution in [0.15, 0.2) is 54.6 Å². The molecule has 1 fully saturated rings. The van der Waals surface area contributed by atoms with Crippen LogP contribution in [0.4, 0.5) is 5.69 Å². The van der Waals surface area contributed by atoms with E-state index >= 15 is 0 Å². The first kappa shape index (κ1) is 22.1. The number of esters is 1. The van der Waals surface area contributed by atoms with Gasteiger partial charge in [0.15, 0.2) is 0 Å². The van der Waals surface area contributed by atoms with Crippen molar-refractivity contribution < 1.29 is 19.1 Å². The Balaban J connectivity index is 1.73. The largest absolute Gasteiger partial charge is 0.469 e. The van der Waals surface area contributed by atoms with Crippen LogP contribution in [-0.2, 0) is 14.3 Å². The predicted octanol–water partition coefficient (Wildman–Crippen LogP) is 4.20. The Bertz CT molecular complexity index is 982. The summed E-state index contributed by atoms with van der Waals surface area (Å²) in [6, 6.07) is 17.2. The summed E-state index contributed by atoms with van der Waals surface area (Å²) < 4.78 is 4.69. The number of methoxy groups -OCH3 is 1. The fraction of sp³-hybridized carbons (Fsp3) is 0.423. The Morgan fingerprint density at radius 1 is 1.03 bits per heavy atom. The molecule has 4 rings (SSSR count). The lowest BCUT2D eigenvalue weighted by atomic mass is 9.65. The summed E-state index contributed by atoms with van der Waals surface area (Å²) in [5.74, 6) is -0.872. The van der Waals surface area contributed by atoms with E-state index in [2.05, 4.69) is 10.1 Å². The van der Waals surface area contributed by atoms with Gasteiger partial charge >= 0.3 is 5.97 Å². The first-order valence-electron chi connectivity index (χ1n) is 11.4. The van der Waals surface area contributed by atoms with Gasteiger partial charge in [0, 0.05) is 24.2 Å².